The molecule has 8 nitrogen and oxygen atoms in total. The highest BCUT2D eigenvalue weighted by Gasteiger charge is 2.47. The summed E-state index contributed by atoms with van der Waals surface area (Å²) in [6.45, 7) is -0.428. The summed E-state index contributed by atoms with van der Waals surface area (Å²) in [6.07, 6.45) is 5.07. The predicted molar refractivity (Wildman–Crippen MR) is 160 cm³/mol. The van der Waals surface area contributed by atoms with Gasteiger partial charge in [0.2, 0.25) is 11.8 Å². The second kappa shape index (κ2) is 11.3. The van der Waals surface area contributed by atoms with Gasteiger partial charge in [-0.3, -0.25) is 19.3 Å². The number of methoxy groups -OCH3 is 1. The number of anilines is 1. The summed E-state index contributed by atoms with van der Waals surface area (Å²) < 4.78 is 11.3. The summed E-state index contributed by atoms with van der Waals surface area (Å²) in [5.74, 6) is -1.36. The lowest BCUT2D eigenvalue weighted by Gasteiger charge is -2.15. The molecule has 2 aliphatic rings. The number of aromatic nitrogens is 1. The Labute approximate surface area is 250 Å². The number of carbonyl (C=O) groups excluding carboxylic acids is 4. The van der Waals surface area contributed by atoms with E-state index in [2.05, 4.69) is 15.9 Å². The van der Waals surface area contributed by atoms with Crippen LogP contribution in [0.5, 0.6) is 5.75 Å². The van der Waals surface area contributed by atoms with Gasteiger partial charge in [0.15, 0.2) is 12.4 Å². The lowest BCUT2D eigenvalue weighted by atomic mass is 9.85. The van der Waals surface area contributed by atoms with Crippen molar-refractivity contribution in [1.82, 2.24) is 4.98 Å². The average molecular weight is 625 g/mol. The Morgan fingerprint density at radius 2 is 1.57 bits per heavy atom. The Morgan fingerprint density at radius 1 is 0.905 bits per heavy atom. The lowest BCUT2D eigenvalue weighted by molar-refractivity contribution is -0.122. The van der Waals surface area contributed by atoms with E-state index in [0.717, 1.165) is 4.47 Å². The van der Waals surface area contributed by atoms with Crippen molar-refractivity contribution in [2.24, 2.45) is 11.8 Å². The van der Waals surface area contributed by atoms with E-state index in [9.17, 15) is 19.2 Å². The second-order valence-electron chi connectivity index (χ2n) is 10.2. The topological polar surface area (TPSA) is 103 Å². The molecule has 0 spiro atoms. The molecular weight excluding hydrogens is 600 g/mol. The minimum atomic E-state index is -0.662. The number of allylic oxidation sites excluding steroid dienone is 2. The van der Waals surface area contributed by atoms with Crippen LogP contribution in [0.15, 0.2) is 89.4 Å². The van der Waals surface area contributed by atoms with Gasteiger partial charge in [-0.2, -0.15) is 0 Å². The normalized spacial score (nSPS) is 17.8. The molecule has 2 atom stereocenters. The summed E-state index contributed by atoms with van der Waals surface area (Å²) in [4.78, 5) is 58.0. The molecule has 3 aromatic carbocycles. The number of carbonyl (C=O) groups is 4. The van der Waals surface area contributed by atoms with Crippen molar-refractivity contribution in [3.63, 3.8) is 0 Å². The van der Waals surface area contributed by atoms with E-state index in [-0.39, 0.29) is 35.0 Å². The highest BCUT2D eigenvalue weighted by atomic mass is 79.9. The van der Waals surface area contributed by atoms with Crippen LogP contribution in [-0.2, 0) is 14.3 Å². The summed E-state index contributed by atoms with van der Waals surface area (Å²) in [5.41, 5.74) is 2.91. The van der Waals surface area contributed by atoms with E-state index in [1.807, 2.05) is 18.2 Å². The summed E-state index contributed by atoms with van der Waals surface area (Å²) in [7, 11) is 1.54. The Bertz CT molecular complexity index is 1740. The van der Waals surface area contributed by atoms with Gasteiger partial charge in [0.05, 0.1) is 41.4 Å². The Morgan fingerprint density at radius 3 is 2.21 bits per heavy atom. The molecule has 4 aromatic rings. The Kier molecular flexibility index (Phi) is 7.43. The standard InChI is InChI=1S/C33H25BrN2O6/c1-41-23-13-8-20(9-14-23)30(37)18-42-33(40)27-17-29(35-28-15-10-21(34)16-26(27)28)19-6-11-22(12-7-19)36-31(38)24-4-2-3-5-25(24)32(36)39/h2-3,6-17,24-25H,4-5,18H2,1H3. The molecule has 0 radical (unpaired) electrons. The second-order valence-corrected chi connectivity index (χ2v) is 11.1. The van der Waals surface area contributed by atoms with Crippen molar-refractivity contribution in [1.29, 1.82) is 0 Å². The van der Waals surface area contributed by atoms with Crippen molar-refractivity contribution in [2.75, 3.05) is 18.6 Å². The van der Waals surface area contributed by atoms with Gasteiger partial charge in [-0.05, 0) is 73.5 Å². The number of halogens is 1. The molecule has 2 heterocycles. The third kappa shape index (κ3) is 5.12. The highest BCUT2D eigenvalue weighted by molar-refractivity contribution is 9.10. The zero-order chi connectivity index (χ0) is 29.4. The number of ether oxygens (including phenoxy) is 2. The maximum Gasteiger partial charge on any atom is 0.339 e. The highest BCUT2D eigenvalue weighted by Crippen LogP contribution is 2.38. The zero-order valence-corrected chi connectivity index (χ0v) is 24.2. The molecule has 2 amide bonds. The summed E-state index contributed by atoms with van der Waals surface area (Å²) in [6, 6.07) is 20.5. The molecule has 1 aliphatic carbocycles. The molecule has 0 N–H and O–H groups in total. The van der Waals surface area contributed by atoms with Gasteiger partial charge < -0.3 is 9.47 Å². The fraction of sp³-hybridized carbons (Fsp3) is 0.182. The van der Waals surface area contributed by atoms with Crippen molar-refractivity contribution in [3.05, 3.63) is 101 Å². The van der Waals surface area contributed by atoms with Crippen molar-refractivity contribution in [3.8, 4) is 17.0 Å². The number of benzene rings is 3. The van der Waals surface area contributed by atoms with Crippen LogP contribution in [0.1, 0.15) is 33.6 Å². The largest absolute Gasteiger partial charge is 0.497 e. The average Bonchev–Trinajstić information content (AvgIpc) is 3.28. The first-order chi connectivity index (χ1) is 20.3. The SMILES string of the molecule is COc1ccc(C(=O)COC(=O)c2cc(-c3ccc(N4C(=O)C5CC=CCC5C4=O)cc3)nc3ccc(Br)cc23)cc1. The number of imide groups is 1. The lowest BCUT2D eigenvalue weighted by Crippen LogP contribution is -2.30. The van der Waals surface area contributed by atoms with Crippen LogP contribution in [0.25, 0.3) is 22.2 Å². The first-order valence-electron chi connectivity index (χ1n) is 13.4. The number of hydrogen-bond donors (Lipinski definition) is 0. The van der Waals surface area contributed by atoms with Gasteiger partial charge in [-0.15, -0.1) is 0 Å². The fourth-order valence-electron chi connectivity index (χ4n) is 5.42. The number of ketones is 1. The number of nitrogens with zero attached hydrogens (tertiary/aromatic N) is 2. The monoisotopic (exact) mass is 624 g/mol. The van der Waals surface area contributed by atoms with E-state index < -0.39 is 12.6 Å². The molecule has 1 fully saturated rings. The first-order valence-corrected chi connectivity index (χ1v) is 14.2. The van der Waals surface area contributed by atoms with Crippen LogP contribution < -0.4 is 9.64 Å². The van der Waals surface area contributed by atoms with Crippen molar-refractivity contribution in [2.45, 2.75) is 12.8 Å². The molecule has 9 heteroatoms. The third-order valence-electron chi connectivity index (χ3n) is 7.67. The number of fused-ring (bicyclic) bond motifs is 2. The summed E-state index contributed by atoms with van der Waals surface area (Å²) in [5, 5.41) is 0.566. The van der Waals surface area contributed by atoms with Crippen LogP contribution in [-0.4, -0.2) is 42.3 Å². The first kappa shape index (κ1) is 27.5. The van der Waals surface area contributed by atoms with E-state index in [0.29, 0.717) is 52.0 Å². The molecule has 2 unspecified atom stereocenters. The smallest absolute Gasteiger partial charge is 0.339 e. The molecule has 0 saturated carbocycles. The van der Waals surface area contributed by atoms with E-state index in [4.69, 9.17) is 14.5 Å². The van der Waals surface area contributed by atoms with Gasteiger partial charge in [0.25, 0.3) is 0 Å². The maximum atomic E-state index is 13.3. The fourth-order valence-corrected chi connectivity index (χ4v) is 5.78. The van der Waals surface area contributed by atoms with Crippen molar-refractivity contribution < 1.29 is 28.7 Å². The molecule has 1 aromatic heterocycles. The minimum Gasteiger partial charge on any atom is -0.497 e. The number of amides is 2. The van der Waals surface area contributed by atoms with Crippen LogP contribution in [0, 0.1) is 11.8 Å². The number of esters is 1. The van der Waals surface area contributed by atoms with Crippen LogP contribution in [0.4, 0.5) is 5.69 Å². The van der Waals surface area contributed by atoms with Gasteiger partial charge in [-0.25, -0.2) is 9.78 Å². The van der Waals surface area contributed by atoms with Crippen LogP contribution in [0.3, 0.4) is 0 Å². The maximum absolute atomic E-state index is 13.3. The van der Waals surface area contributed by atoms with E-state index >= 15 is 0 Å². The number of hydrogen-bond acceptors (Lipinski definition) is 7. The quantitative estimate of drug-likeness (QED) is 0.105. The number of rotatable bonds is 7. The van der Waals surface area contributed by atoms with Gasteiger partial charge in [0.1, 0.15) is 5.75 Å². The van der Waals surface area contributed by atoms with Crippen LogP contribution in [0.2, 0.25) is 0 Å². The van der Waals surface area contributed by atoms with Gasteiger partial charge >= 0.3 is 5.97 Å². The molecule has 1 saturated heterocycles. The Balaban J connectivity index is 1.26. The molecule has 1 aliphatic heterocycles. The van der Waals surface area contributed by atoms with Gasteiger partial charge in [0, 0.05) is 21.0 Å². The summed E-state index contributed by atoms with van der Waals surface area (Å²) >= 11 is 3.45. The van der Waals surface area contributed by atoms with Crippen molar-refractivity contribution >= 4 is 56.1 Å². The minimum absolute atomic E-state index is 0.175. The molecule has 0 bridgehead atoms. The van der Waals surface area contributed by atoms with E-state index in [1.165, 1.54) is 12.0 Å². The van der Waals surface area contributed by atoms with E-state index in [1.54, 1.807) is 66.7 Å². The van der Waals surface area contributed by atoms with Crippen LogP contribution >= 0.6 is 15.9 Å². The van der Waals surface area contributed by atoms with Gasteiger partial charge in [-0.1, -0.05) is 40.2 Å². The molecule has 6 rings (SSSR count). The Hall–Kier alpha value is -4.63. The predicted octanol–water partition coefficient (Wildman–Crippen LogP) is 6.17. The molecule has 42 heavy (non-hydrogen) atoms. The zero-order valence-electron chi connectivity index (χ0n) is 22.6. The molecular formula is C33H25BrN2O6. The number of pyridine rings is 1. The third-order valence-corrected chi connectivity index (χ3v) is 8.16. The molecule has 210 valence electrons. The number of Topliss-reactive ketones (excluding diaryl/α,β-unsaturated/α-hetero) is 1.